The summed E-state index contributed by atoms with van der Waals surface area (Å²) in [5.41, 5.74) is 6.38. The van der Waals surface area contributed by atoms with Gasteiger partial charge in [-0.15, -0.1) is 12.4 Å². The van der Waals surface area contributed by atoms with Crippen LogP contribution in [0.1, 0.15) is 17.9 Å². The van der Waals surface area contributed by atoms with Crippen LogP contribution in [0.15, 0.2) is 18.2 Å². The molecular formula is C12H16ClF2NO. The van der Waals surface area contributed by atoms with Crippen molar-refractivity contribution in [2.24, 2.45) is 11.7 Å². The van der Waals surface area contributed by atoms with Gasteiger partial charge in [-0.1, -0.05) is 0 Å². The maximum absolute atomic E-state index is 13.1. The lowest BCUT2D eigenvalue weighted by molar-refractivity contribution is 0.270. The van der Waals surface area contributed by atoms with Gasteiger partial charge >= 0.3 is 0 Å². The molecule has 2 atom stereocenters. The van der Waals surface area contributed by atoms with Gasteiger partial charge in [0.05, 0.1) is 0 Å². The SMILES string of the molecule is Cl.NC[C@@H]1C[C@H]1c1cc(F)ccc1OCCF. The molecule has 1 saturated carbocycles. The lowest BCUT2D eigenvalue weighted by atomic mass is 10.1. The van der Waals surface area contributed by atoms with Crippen LogP contribution in [0.2, 0.25) is 0 Å². The van der Waals surface area contributed by atoms with Crippen molar-refractivity contribution >= 4 is 12.4 Å². The fourth-order valence-corrected chi connectivity index (χ4v) is 1.98. The van der Waals surface area contributed by atoms with Gasteiger partial charge in [0, 0.05) is 5.56 Å². The van der Waals surface area contributed by atoms with Gasteiger partial charge in [0.2, 0.25) is 0 Å². The van der Waals surface area contributed by atoms with E-state index in [0.29, 0.717) is 18.2 Å². The van der Waals surface area contributed by atoms with Gasteiger partial charge in [-0.3, -0.25) is 0 Å². The molecule has 0 heterocycles. The molecule has 1 aliphatic carbocycles. The standard InChI is InChI=1S/C12H15F2NO.ClH/c13-3-4-16-12-2-1-9(14)6-11(12)10-5-8(10)7-15;/h1-2,6,8,10H,3-5,7,15H2;1H/t8-,10+;/m0./s1. The lowest BCUT2D eigenvalue weighted by Crippen LogP contribution is -2.04. The maximum Gasteiger partial charge on any atom is 0.123 e. The number of rotatable bonds is 5. The highest BCUT2D eigenvalue weighted by atomic mass is 35.5. The average Bonchev–Trinajstić information content (AvgIpc) is 3.06. The second-order valence-electron chi connectivity index (χ2n) is 4.06. The highest BCUT2D eigenvalue weighted by molar-refractivity contribution is 5.85. The van der Waals surface area contributed by atoms with Crippen molar-refractivity contribution in [2.75, 3.05) is 19.8 Å². The fourth-order valence-electron chi connectivity index (χ4n) is 1.98. The molecule has 0 spiro atoms. The monoisotopic (exact) mass is 263 g/mol. The van der Waals surface area contributed by atoms with E-state index in [-0.39, 0.29) is 30.7 Å². The van der Waals surface area contributed by atoms with Gasteiger partial charge in [0.1, 0.15) is 24.8 Å². The van der Waals surface area contributed by atoms with E-state index in [4.69, 9.17) is 10.5 Å². The number of ether oxygens (including phenoxy) is 1. The van der Waals surface area contributed by atoms with Crippen LogP contribution in [-0.4, -0.2) is 19.8 Å². The highest BCUT2D eigenvalue weighted by Gasteiger charge is 2.39. The maximum atomic E-state index is 13.1. The first-order chi connectivity index (χ1) is 7.76. The molecule has 5 heteroatoms. The van der Waals surface area contributed by atoms with Crippen molar-refractivity contribution in [1.82, 2.24) is 0 Å². The predicted octanol–water partition coefficient (Wildman–Crippen LogP) is 2.66. The molecule has 1 aromatic carbocycles. The van der Waals surface area contributed by atoms with Crippen LogP contribution in [0.5, 0.6) is 5.75 Å². The number of hydrogen-bond donors (Lipinski definition) is 1. The molecule has 1 aromatic rings. The van der Waals surface area contributed by atoms with E-state index >= 15 is 0 Å². The van der Waals surface area contributed by atoms with Crippen LogP contribution in [0, 0.1) is 11.7 Å². The van der Waals surface area contributed by atoms with Crippen LogP contribution in [-0.2, 0) is 0 Å². The highest BCUT2D eigenvalue weighted by Crippen LogP contribution is 2.49. The third kappa shape index (κ3) is 3.30. The first-order valence-corrected chi connectivity index (χ1v) is 5.44. The number of nitrogens with two attached hydrogens (primary N) is 1. The number of alkyl halides is 1. The Morgan fingerprint density at radius 3 is 2.76 bits per heavy atom. The molecule has 96 valence electrons. The summed E-state index contributed by atoms with van der Waals surface area (Å²) in [5.74, 6) is 0.982. The minimum atomic E-state index is -0.540. The van der Waals surface area contributed by atoms with Gasteiger partial charge in [0.15, 0.2) is 0 Å². The molecule has 1 aliphatic rings. The van der Waals surface area contributed by atoms with Gasteiger partial charge in [-0.2, -0.15) is 0 Å². The number of benzene rings is 1. The third-order valence-electron chi connectivity index (χ3n) is 2.93. The largest absolute Gasteiger partial charge is 0.491 e. The summed E-state index contributed by atoms with van der Waals surface area (Å²) in [6, 6.07) is 4.36. The van der Waals surface area contributed by atoms with E-state index in [1.807, 2.05) is 0 Å². The Morgan fingerprint density at radius 1 is 1.41 bits per heavy atom. The van der Waals surface area contributed by atoms with Crippen molar-refractivity contribution in [3.05, 3.63) is 29.6 Å². The normalized spacial score (nSPS) is 21.8. The minimum absolute atomic E-state index is 0. The van der Waals surface area contributed by atoms with E-state index in [1.54, 1.807) is 6.07 Å². The van der Waals surface area contributed by atoms with Crippen LogP contribution in [0.4, 0.5) is 8.78 Å². The van der Waals surface area contributed by atoms with Crippen molar-refractivity contribution < 1.29 is 13.5 Å². The van der Waals surface area contributed by atoms with E-state index in [9.17, 15) is 8.78 Å². The van der Waals surface area contributed by atoms with Crippen LogP contribution < -0.4 is 10.5 Å². The van der Waals surface area contributed by atoms with E-state index in [0.717, 1.165) is 12.0 Å². The zero-order valence-corrected chi connectivity index (χ0v) is 10.2. The fraction of sp³-hybridized carbons (Fsp3) is 0.500. The molecule has 2 nitrogen and oxygen atoms in total. The second kappa shape index (κ2) is 6.17. The summed E-state index contributed by atoms with van der Waals surface area (Å²) < 4.78 is 30.4. The summed E-state index contributed by atoms with van der Waals surface area (Å²) in [6.45, 7) is 0.0736. The predicted molar refractivity (Wildman–Crippen MR) is 65.0 cm³/mol. The van der Waals surface area contributed by atoms with Crippen molar-refractivity contribution in [2.45, 2.75) is 12.3 Å². The summed E-state index contributed by atoms with van der Waals surface area (Å²) in [4.78, 5) is 0. The molecule has 2 rings (SSSR count). The average molecular weight is 264 g/mol. The molecule has 0 bridgehead atoms. The van der Waals surface area contributed by atoms with Gasteiger partial charge in [-0.05, 0) is 43.0 Å². The molecule has 0 amide bonds. The molecule has 1 fully saturated rings. The molecule has 0 radical (unpaired) electrons. The van der Waals surface area contributed by atoms with Crippen molar-refractivity contribution in [3.63, 3.8) is 0 Å². The first kappa shape index (κ1) is 14.2. The van der Waals surface area contributed by atoms with Gasteiger partial charge < -0.3 is 10.5 Å². The van der Waals surface area contributed by atoms with E-state index in [1.165, 1.54) is 12.1 Å². The Morgan fingerprint density at radius 2 is 2.18 bits per heavy atom. The van der Waals surface area contributed by atoms with Crippen LogP contribution in [0.25, 0.3) is 0 Å². The summed E-state index contributed by atoms with van der Waals surface area (Å²) >= 11 is 0. The summed E-state index contributed by atoms with van der Waals surface area (Å²) in [6.07, 6.45) is 0.964. The summed E-state index contributed by atoms with van der Waals surface area (Å²) in [5, 5.41) is 0. The lowest BCUT2D eigenvalue weighted by Gasteiger charge is -2.10. The van der Waals surface area contributed by atoms with Crippen molar-refractivity contribution in [3.8, 4) is 5.75 Å². The number of hydrogen-bond acceptors (Lipinski definition) is 2. The second-order valence-corrected chi connectivity index (χ2v) is 4.06. The van der Waals surface area contributed by atoms with E-state index in [2.05, 4.69) is 0 Å². The molecule has 17 heavy (non-hydrogen) atoms. The zero-order valence-electron chi connectivity index (χ0n) is 9.36. The Hall–Kier alpha value is -0.870. The van der Waals surface area contributed by atoms with Crippen molar-refractivity contribution in [1.29, 1.82) is 0 Å². The smallest absolute Gasteiger partial charge is 0.123 e. The molecule has 0 saturated heterocycles. The Kier molecular flexibility index (Phi) is 5.15. The minimum Gasteiger partial charge on any atom is -0.491 e. The topological polar surface area (TPSA) is 35.2 Å². The van der Waals surface area contributed by atoms with Crippen LogP contribution in [0.3, 0.4) is 0 Å². The Balaban J connectivity index is 0.00000144. The first-order valence-electron chi connectivity index (χ1n) is 5.44. The molecule has 0 unspecified atom stereocenters. The van der Waals surface area contributed by atoms with Crippen LogP contribution >= 0.6 is 12.4 Å². The summed E-state index contributed by atoms with van der Waals surface area (Å²) in [7, 11) is 0. The number of halogens is 3. The molecular weight excluding hydrogens is 248 g/mol. The molecule has 0 aromatic heterocycles. The Labute approximate surface area is 106 Å². The third-order valence-corrected chi connectivity index (χ3v) is 2.93. The van der Waals surface area contributed by atoms with Gasteiger partial charge in [-0.25, -0.2) is 8.78 Å². The molecule has 2 N–H and O–H groups in total. The molecule has 0 aliphatic heterocycles. The Bertz CT molecular complexity index is 376. The van der Waals surface area contributed by atoms with E-state index < -0.39 is 6.67 Å². The zero-order chi connectivity index (χ0) is 11.5. The quantitative estimate of drug-likeness (QED) is 0.886. The van der Waals surface area contributed by atoms with Gasteiger partial charge in [0.25, 0.3) is 0 Å².